The van der Waals surface area contributed by atoms with Crippen LogP contribution in [0.15, 0.2) is 35.7 Å². The Kier molecular flexibility index (Phi) is 4.63. The average molecular weight is 358 g/mol. The molecule has 1 heterocycles. The molecule has 6 heteroatoms. The van der Waals surface area contributed by atoms with E-state index in [1.165, 1.54) is 16.9 Å². The molecule has 0 aliphatic heterocycles. The van der Waals surface area contributed by atoms with Gasteiger partial charge in [0.05, 0.1) is 11.3 Å². The lowest BCUT2D eigenvalue weighted by Gasteiger charge is -2.08. The number of thiazole rings is 1. The van der Waals surface area contributed by atoms with Crippen molar-refractivity contribution in [2.24, 2.45) is 0 Å². The van der Waals surface area contributed by atoms with Crippen LogP contribution in [0, 0.1) is 32.4 Å². The zero-order valence-electron chi connectivity index (χ0n) is 14.0. The van der Waals surface area contributed by atoms with Crippen LogP contribution in [0.2, 0.25) is 0 Å². The van der Waals surface area contributed by atoms with E-state index in [1.54, 1.807) is 0 Å². The van der Waals surface area contributed by atoms with Gasteiger partial charge in [0.1, 0.15) is 11.6 Å². The van der Waals surface area contributed by atoms with E-state index >= 15 is 0 Å². The number of rotatable bonds is 3. The number of amides is 1. The van der Waals surface area contributed by atoms with Crippen molar-refractivity contribution in [2.45, 2.75) is 20.8 Å². The summed E-state index contributed by atoms with van der Waals surface area (Å²) in [6.07, 6.45) is 0. The first-order valence-electron chi connectivity index (χ1n) is 7.65. The first kappa shape index (κ1) is 17.2. The minimum absolute atomic E-state index is 0.336. The van der Waals surface area contributed by atoms with Crippen LogP contribution < -0.4 is 5.32 Å². The molecule has 2 aromatic carbocycles. The number of nitrogens with zero attached hydrogens (tertiary/aromatic N) is 1. The van der Waals surface area contributed by atoms with Crippen molar-refractivity contribution in [3.05, 3.63) is 69.6 Å². The van der Waals surface area contributed by atoms with Gasteiger partial charge in [-0.15, -0.1) is 11.3 Å². The van der Waals surface area contributed by atoms with Gasteiger partial charge in [-0.2, -0.15) is 0 Å². The summed E-state index contributed by atoms with van der Waals surface area (Å²) >= 11 is 1.24. The lowest BCUT2D eigenvalue weighted by molar-refractivity contribution is 0.102. The Morgan fingerprint density at radius 1 is 1.08 bits per heavy atom. The van der Waals surface area contributed by atoms with E-state index < -0.39 is 17.5 Å². The molecule has 0 saturated heterocycles. The molecular weight excluding hydrogens is 342 g/mol. The zero-order valence-corrected chi connectivity index (χ0v) is 14.8. The van der Waals surface area contributed by atoms with Gasteiger partial charge in [-0.1, -0.05) is 17.7 Å². The van der Waals surface area contributed by atoms with Crippen LogP contribution in [-0.2, 0) is 0 Å². The molecule has 0 bridgehead atoms. The van der Waals surface area contributed by atoms with Gasteiger partial charge in [0.25, 0.3) is 5.91 Å². The number of carbonyl (C=O) groups excluding carboxylic acids is 1. The van der Waals surface area contributed by atoms with E-state index in [-0.39, 0.29) is 5.56 Å². The lowest BCUT2D eigenvalue weighted by atomic mass is 9.98. The first-order valence-corrected chi connectivity index (χ1v) is 8.53. The molecule has 1 aromatic heterocycles. The molecule has 25 heavy (non-hydrogen) atoms. The van der Waals surface area contributed by atoms with Gasteiger partial charge in [0.2, 0.25) is 0 Å². The van der Waals surface area contributed by atoms with Crippen LogP contribution in [0.3, 0.4) is 0 Å². The molecule has 0 spiro atoms. The summed E-state index contributed by atoms with van der Waals surface area (Å²) in [5, 5.41) is 4.70. The maximum Gasteiger partial charge on any atom is 0.260 e. The molecule has 0 saturated carbocycles. The average Bonchev–Trinajstić information content (AvgIpc) is 2.96. The molecule has 0 fully saturated rings. The van der Waals surface area contributed by atoms with Gasteiger partial charge >= 0.3 is 0 Å². The number of carbonyl (C=O) groups is 1. The molecule has 3 aromatic rings. The molecule has 0 radical (unpaired) electrons. The number of aromatic nitrogens is 1. The van der Waals surface area contributed by atoms with Crippen LogP contribution in [-0.4, -0.2) is 10.9 Å². The highest BCUT2D eigenvalue weighted by Crippen LogP contribution is 2.31. The molecule has 3 rings (SSSR count). The number of hydrogen-bond donors (Lipinski definition) is 1. The molecule has 3 nitrogen and oxygen atoms in total. The van der Waals surface area contributed by atoms with E-state index in [0.717, 1.165) is 40.6 Å². The summed E-state index contributed by atoms with van der Waals surface area (Å²) in [7, 11) is 0. The number of anilines is 1. The van der Waals surface area contributed by atoms with Gasteiger partial charge < -0.3 is 0 Å². The van der Waals surface area contributed by atoms with Crippen LogP contribution in [0.25, 0.3) is 11.3 Å². The third kappa shape index (κ3) is 3.58. The number of hydrogen-bond acceptors (Lipinski definition) is 3. The minimum Gasteiger partial charge on any atom is -0.298 e. The normalized spacial score (nSPS) is 10.8. The Morgan fingerprint density at radius 3 is 2.44 bits per heavy atom. The number of nitrogens with one attached hydrogen (secondary N) is 1. The predicted molar refractivity (Wildman–Crippen MR) is 96.1 cm³/mol. The van der Waals surface area contributed by atoms with E-state index in [1.807, 2.05) is 26.2 Å². The highest BCUT2D eigenvalue weighted by Gasteiger charge is 2.16. The Bertz CT molecular complexity index is 943. The zero-order chi connectivity index (χ0) is 18.1. The Labute approximate surface area is 148 Å². The molecule has 1 amide bonds. The summed E-state index contributed by atoms with van der Waals surface area (Å²) < 4.78 is 26.9. The van der Waals surface area contributed by atoms with Gasteiger partial charge in [-0.3, -0.25) is 10.1 Å². The van der Waals surface area contributed by atoms with E-state index in [9.17, 15) is 13.6 Å². The number of benzene rings is 2. The van der Waals surface area contributed by atoms with Crippen molar-refractivity contribution in [1.82, 2.24) is 4.98 Å². The maximum atomic E-state index is 13.7. The summed E-state index contributed by atoms with van der Waals surface area (Å²) in [5.74, 6) is -2.17. The van der Waals surface area contributed by atoms with Gasteiger partial charge in [0.15, 0.2) is 5.13 Å². The quantitative estimate of drug-likeness (QED) is 0.693. The van der Waals surface area contributed by atoms with E-state index in [0.29, 0.717) is 5.13 Å². The van der Waals surface area contributed by atoms with Crippen molar-refractivity contribution in [3.8, 4) is 11.3 Å². The maximum absolute atomic E-state index is 13.7. The molecule has 0 atom stereocenters. The Balaban J connectivity index is 1.88. The largest absolute Gasteiger partial charge is 0.298 e. The fourth-order valence-electron chi connectivity index (χ4n) is 2.87. The predicted octanol–water partition coefficient (Wildman–Crippen LogP) is 5.27. The molecule has 0 unspecified atom stereocenters. The summed E-state index contributed by atoms with van der Waals surface area (Å²) in [6, 6.07) is 6.91. The smallest absolute Gasteiger partial charge is 0.260 e. The third-order valence-corrected chi connectivity index (χ3v) is 4.59. The fourth-order valence-corrected chi connectivity index (χ4v) is 3.56. The summed E-state index contributed by atoms with van der Waals surface area (Å²) in [5.41, 5.74) is 4.77. The fraction of sp³-hybridized carbons (Fsp3) is 0.158. The van der Waals surface area contributed by atoms with Crippen molar-refractivity contribution in [2.75, 3.05) is 5.32 Å². The second-order valence-corrected chi connectivity index (χ2v) is 6.75. The van der Waals surface area contributed by atoms with Crippen LogP contribution in [0.1, 0.15) is 27.0 Å². The highest BCUT2D eigenvalue weighted by molar-refractivity contribution is 7.14. The first-order chi connectivity index (χ1) is 11.8. The summed E-state index contributed by atoms with van der Waals surface area (Å²) in [4.78, 5) is 16.6. The monoisotopic (exact) mass is 358 g/mol. The number of aryl methyl sites for hydroxylation is 3. The minimum atomic E-state index is -0.777. The van der Waals surface area contributed by atoms with Crippen molar-refractivity contribution in [1.29, 1.82) is 0 Å². The molecule has 0 aliphatic carbocycles. The second-order valence-electron chi connectivity index (χ2n) is 5.89. The third-order valence-electron chi connectivity index (χ3n) is 3.83. The molecule has 128 valence electrons. The van der Waals surface area contributed by atoms with Crippen molar-refractivity contribution >= 4 is 22.4 Å². The number of halogens is 2. The van der Waals surface area contributed by atoms with E-state index in [4.69, 9.17) is 0 Å². The standard InChI is InChI=1S/C19H16F2N2OS/c1-10-6-11(2)17(12(3)7-10)16-9-25-19(22-16)23-18(24)14-8-13(20)4-5-15(14)21/h4-9H,1-3H3,(H,22,23,24). The summed E-state index contributed by atoms with van der Waals surface area (Å²) in [6.45, 7) is 6.05. The second kappa shape index (κ2) is 6.72. The lowest BCUT2D eigenvalue weighted by Crippen LogP contribution is -2.14. The van der Waals surface area contributed by atoms with Gasteiger partial charge in [-0.05, 0) is 50.1 Å². The van der Waals surface area contributed by atoms with E-state index in [2.05, 4.69) is 22.4 Å². The molecule has 1 N–H and O–H groups in total. The van der Waals surface area contributed by atoms with Gasteiger partial charge in [0, 0.05) is 10.9 Å². The SMILES string of the molecule is Cc1cc(C)c(-c2csc(NC(=O)c3cc(F)ccc3F)n2)c(C)c1. The van der Waals surface area contributed by atoms with Crippen LogP contribution in [0.5, 0.6) is 0 Å². The van der Waals surface area contributed by atoms with Crippen LogP contribution >= 0.6 is 11.3 Å². The molecular formula is C19H16F2N2OS. The van der Waals surface area contributed by atoms with Crippen molar-refractivity contribution < 1.29 is 13.6 Å². The van der Waals surface area contributed by atoms with Crippen LogP contribution in [0.4, 0.5) is 13.9 Å². The highest BCUT2D eigenvalue weighted by atomic mass is 32.1. The van der Waals surface area contributed by atoms with Gasteiger partial charge in [-0.25, -0.2) is 13.8 Å². The molecule has 0 aliphatic rings. The van der Waals surface area contributed by atoms with Crippen molar-refractivity contribution in [3.63, 3.8) is 0 Å². The topological polar surface area (TPSA) is 42.0 Å². The Hall–Kier alpha value is -2.60. The Morgan fingerprint density at radius 2 is 1.76 bits per heavy atom.